The highest BCUT2D eigenvalue weighted by atomic mass is 16.2. The second-order valence-corrected chi connectivity index (χ2v) is 7.56. The van der Waals surface area contributed by atoms with E-state index in [0.29, 0.717) is 29.9 Å². The van der Waals surface area contributed by atoms with Crippen LogP contribution in [0, 0.1) is 0 Å². The first-order chi connectivity index (χ1) is 13.6. The van der Waals surface area contributed by atoms with E-state index >= 15 is 0 Å². The van der Waals surface area contributed by atoms with E-state index in [0.717, 1.165) is 29.7 Å². The number of carbonyl (C=O) groups is 1. The third-order valence-electron chi connectivity index (χ3n) is 5.01. The van der Waals surface area contributed by atoms with Gasteiger partial charge in [0.15, 0.2) is 5.82 Å². The summed E-state index contributed by atoms with van der Waals surface area (Å²) in [6.07, 6.45) is 7.60. The number of hydrogen-bond donors (Lipinski definition) is 0. The lowest BCUT2D eigenvalue weighted by Gasteiger charge is -2.22. The number of hydrogen-bond acceptors (Lipinski definition) is 4. The molecule has 2 aromatic heterocycles. The lowest BCUT2D eigenvalue weighted by molar-refractivity contribution is 0.0728. The first-order valence-electron chi connectivity index (χ1n) is 9.75. The Balaban J connectivity index is 1.58. The summed E-state index contributed by atoms with van der Waals surface area (Å²) in [5.74, 6) is 1.07. The molecule has 4 rings (SSSR count). The van der Waals surface area contributed by atoms with E-state index in [2.05, 4.69) is 28.8 Å². The molecule has 1 aliphatic rings. The van der Waals surface area contributed by atoms with Crippen molar-refractivity contribution in [2.24, 2.45) is 0 Å². The number of rotatable bonds is 6. The molecular formula is C23H24N4O. The fourth-order valence-corrected chi connectivity index (χ4v) is 3.16. The standard InChI is InChI=1S/C23H24N4O/c1-16(2)19-13-25-22(26-14-19)17-6-5-7-18(12-17)23(28)27(21-9-10-21)15-20-8-3-4-11-24-20/h3-8,11-14,16,21H,9-10,15H2,1-2H3. The quantitative estimate of drug-likeness (QED) is 0.641. The molecule has 1 aromatic carbocycles. The van der Waals surface area contributed by atoms with Crippen LogP contribution in [0.4, 0.5) is 0 Å². The first kappa shape index (κ1) is 18.3. The molecule has 0 aliphatic heterocycles. The van der Waals surface area contributed by atoms with Gasteiger partial charge in [0, 0.05) is 35.8 Å². The number of nitrogens with zero attached hydrogens (tertiary/aromatic N) is 4. The largest absolute Gasteiger partial charge is 0.330 e. The molecule has 0 unspecified atom stereocenters. The van der Waals surface area contributed by atoms with E-state index in [1.165, 1.54) is 0 Å². The Morgan fingerprint density at radius 2 is 1.86 bits per heavy atom. The monoisotopic (exact) mass is 372 g/mol. The predicted octanol–water partition coefficient (Wildman–Crippen LogP) is 4.47. The molecule has 2 heterocycles. The molecule has 0 saturated heterocycles. The maximum absolute atomic E-state index is 13.2. The van der Waals surface area contributed by atoms with Crippen molar-refractivity contribution in [2.45, 2.75) is 45.2 Å². The van der Waals surface area contributed by atoms with Gasteiger partial charge in [-0.1, -0.05) is 32.0 Å². The maximum Gasteiger partial charge on any atom is 0.254 e. The van der Waals surface area contributed by atoms with Crippen molar-refractivity contribution >= 4 is 5.91 Å². The summed E-state index contributed by atoms with van der Waals surface area (Å²) in [6, 6.07) is 13.7. The van der Waals surface area contributed by atoms with Gasteiger partial charge in [0.1, 0.15) is 0 Å². The Hall–Kier alpha value is -3.08. The van der Waals surface area contributed by atoms with Crippen LogP contribution in [0.15, 0.2) is 61.1 Å². The zero-order valence-corrected chi connectivity index (χ0v) is 16.2. The van der Waals surface area contributed by atoms with E-state index < -0.39 is 0 Å². The summed E-state index contributed by atoms with van der Waals surface area (Å²) >= 11 is 0. The van der Waals surface area contributed by atoms with Crippen LogP contribution in [-0.4, -0.2) is 31.8 Å². The Bertz CT molecular complexity index is 950. The summed E-state index contributed by atoms with van der Waals surface area (Å²) < 4.78 is 0. The Morgan fingerprint density at radius 1 is 1.07 bits per heavy atom. The molecule has 1 amide bonds. The molecule has 5 nitrogen and oxygen atoms in total. The second kappa shape index (κ2) is 7.89. The van der Waals surface area contributed by atoms with Gasteiger partial charge >= 0.3 is 0 Å². The maximum atomic E-state index is 13.2. The van der Waals surface area contributed by atoms with E-state index in [9.17, 15) is 4.79 Å². The lowest BCUT2D eigenvalue weighted by Crippen LogP contribution is -2.32. The van der Waals surface area contributed by atoms with E-state index in [4.69, 9.17) is 0 Å². The second-order valence-electron chi connectivity index (χ2n) is 7.56. The third kappa shape index (κ3) is 4.09. The van der Waals surface area contributed by atoms with Crippen molar-refractivity contribution in [3.8, 4) is 11.4 Å². The van der Waals surface area contributed by atoms with Crippen LogP contribution in [0.25, 0.3) is 11.4 Å². The van der Waals surface area contributed by atoms with Crippen molar-refractivity contribution in [3.05, 3.63) is 77.9 Å². The molecule has 142 valence electrons. The molecule has 0 N–H and O–H groups in total. The van der Waals surface area contributed by atoms with E-state index in [1.54, 1.807) is 6.20 Å². The third-order valence-corrected chi connectivity index (χ3v) is 5.01. The first-order valence-corrected chi connectivity index (χ1v) is 9.75. The minimum atomic E-state index is 0.0359. The van der Waals surface area contributed by atoms with Gasteiger partial charge in [-0.05, 0) is 48.6 Å². The van der Waals surface area contributed by atoms with Crippen LogP contribution < -0.4 is 0 Å². The number of amides is 1. The van der Waals surface area contributed by atoms with Crippen LogP contribution in [0.3, 0.4) is 0 Å². The van der Waals surface area contributed by atoms with Crippen molar-refractivity contribution < 1.29 is 4.79 Å². The van der Waals surface area contributed by atoms with Crippen LogP contribution in [0.2, 0.25) is 0 Å². The smallest absolute Gasteiger partial charge is 0.254 e. The minimum absolute atomic E-state index is 0.0359. The molecule has 1 fully saturated rings. The van der Waals surface area contributed by atoms with Crippen molar-refractivity contribution in [1.29, 1.82) is 0 Å². The van der Waals surface area contributed by atoms with E-state index in [1.807, 2.05) is 59.8 Å². The molecule has 0 bridgehead atoms. The van der Waals surface area contributed by atoms with Gasteiger partial charge in [-0.2, -0.15) is 0 Å². The molecule has 0 radical (unpaired) electrons. The molecule has 1 aliphatic carbocycles. The van der Waals surface area contributed by atoms with Crippen LogP contribution in [0.1, 0.15) is 54.2 Å². The van der Waals surface area contributed by atoms with Gasteiger partial charge in [-0.3, -0.25) is 9.78 Å². The zero-order chi connectivity index (χ0) is 19.5. The summed E-state index contributed by atoms with van der Waals surface area (Å²) in [6.45, 7) is 4.77. The highest BCUT2D eigenvalue weighted by molar-refractivity contribution is 5.95. The van der Waals surface area contributed by atoms with Gasteiger partial charge < -0.3 is 4.90 Å². The Kier molecular flexibility index (Phi) is 5.15. The molecule has 3 aromatic rings. The average Bonchev–Trinajstić information content (AvgIpc) is 3.58. The fourth-order valence-electron chi connectivity index (χ4n) is 3.16. The molecule has 28 heavy (non-hydrogen) atoms. The van der Waals surface area contributed by atoms with Crippen LogP contribution in [-0.2, 0) is 6.54 Å². The van der Waals surface area contributed by atoms with Gasteiger partial charge in [0.05, 0.1) is 12.2 Å². The molecule has 0 atom stereocenters. The van der Waals surface area contributed by atoms with Crippen LogP contribution >= 0.6 is 0 Å². The molecule has 0 spiro atoms. The van der Waals surface area contributed by atoms with Gasteiger partial charge in [0.2, 0.25) is 0 Å². The lowest BCUT2D eigenvalue weighted by atomic mass is 10.1. The molecule has 5 heteroatoms. The number of aromatic nitrogens is 3. The minimum Gasteiger partial charge on any atom is -0.330 e. The highest BCUT2D eigenvalue weighted by Gasteiger charge is 2.33. The normalized spacial score (nSPS) is 13.5. The topological polar surface area (TPSA) is 59.0 Å². The van der Waals surface area contributed by atoms with Crippen LogP contribution in [0.5, 0.6) is 0 Å². The molecular weight excluding hydrogens is 348 g/mol. The van der Waals surface area contributed by atoms with Gasteiger partial charge in [-0.25, -0.2) is 9.97 Å². The zero-order valence-electron chi connectivity index (χ0n) is 16.2. The predicted molar refractivity (Wildman–Crippen MR) is 109 cm³/mol. The summed E-state index contributed by atoms with van der Waals surface area (Å²) in [5, 5.41) is 0. The van der Waals surface area contributed by atoms with Gasteiger partial charge in [0.25, 0.3) is 5.91 Å². The number of carbonyl (C=O) groups excluding carboxylic acids is 1. The van der Waals surface area contributed by atoms with Gasteiger partial charge in [-0.15, -0.1) is 0 Å². The fraction of sp³-hybridized carbons (Fsp3) is 0.304. The molecule has 1 saturated carbocycles. The Labute approximate surface area is 165 Å². The van der Waals surface area contributed by atoms with Crippen molar-refractivity contribution in [1.82, 2.24) is 19.9 Å². The number of benzene rings is 1. The summed E-state index contributed by atoms with van der Waals surface area (Å²) in [4.78, 5) is 28.5. The SMILES string of the molecule is CC(C)c1cnc(-c2cccc(C(=O)N(Cc3ccccn3)C3CC3)c2)nc1. The van der Waals surface area contributed by atoms with E-state index in [-0.39, 0.29) is 5.91 Å². The Morgan fingerprint density at radius 3 is 2.50 bits per heavy atom. The van der Waals surface area contributed by atoms with Crippen molar-refractivity contribution in [3.63, 3.8) is 0 Å². The average molecular weight is 372 g/mol. The number of pyridine rings is 1. The summed E-state index contributed by atoms with van der Waals surface area (Å²) in [7, 11) is 0. The van der Waals surface area contributed by atoms with Crippen molar-refractivity contribution in [2.75, 3.05) is 0 Å². The highest BCUT2D eigenvalue weighted by Crippen LogP contribution is 2.30. The summed E-state index contributed by atoms with van der Waals surface area (Å²) in [5.41, 5.74) is 3.53.